The van der Waals surface area contributed by atoms with Gasteiger partial charge in [0.1, 0.15) is 5.65 Å². The summed E-state index contributed by atoms with van der Waals surface area (Å²) in [5.41, 5.74) is 5.56. The Bertz CT molecular complexity index is 574. The minimum absolute atomic E-state index is 0.228. The molecule has 0 spiro atoms. The van der Waals surface area contributed by atoms with Gasteiger partial charge in [0.05, 0.1) is 10.6 Å². The third-order valence-corrected chi connectivity index (χ3v) is 2.42. The fraction of sp³-hybridized carbons (Fsp3) is 0.200. The van der Waals surface area contributed by atoms with E-state index in [1.165, 1.54) is 16.8 Å². The maximum atomic E-state index is 12.5. The molecule has 0 radical (unpaired) electrons. The summed E-state index contributed by atoms with van der Waals surface area (Å²) in [6.45, 7) is 0. The van der Waals surface area contributed by atoms with Crippen LogP contribution in [0.1, 0.15) is 11.3 Å². The highest BCUT2D eigenvalue weighted by Crippen LogP contribution is 2.29. The van der Waals surface area contributed by atoms with Crippen molar-refractivity contribution in [1.29, 1.82) is 0 Å². The monoisotopic (exact) mass is 259 g/mol. The Labute approximate surface area is 100 Å². The van der Waals surface area contributed by atoms with Gasteiger partial charge < -0.3 is 10.1 Å². The molecule has 0 saturated carbocycles. The number of aromatic nitrogens is 2. The first-order chi connectivity index (χ1) is 7.88. The predicted molar refractivity (Wildman–Crippen MR) is 60.7 cm³/mol. The maximum Gasteiger partial charge on any atom is 0.416 e. The number of nitrogens with zero attached hydrogens (tertiary/aromatic N) is 2. The summed E-state index contributed by atoms with van der Waals surface area (Å²) in [5.74, 6) is 0. The number of alkyl halides is 3. The Hall–Kier alpha value is -1.63. The number of hydrogen-bond acceptors (Lipinski definition) is 2. The van der Waals surface area contributed by atoms with Crippen molar-refractivity contribution in [3.63, 3.8) is 0 Å². The molecule has 3 nitrogen and oxygen atoms in total. The first-order valence-electron chi connectivity index (χ1n) is 4.69. The molecule has 0 unspecified atom stereocenters. The van der Waals surface area contributed by atoms with E-state index in [2.05, 4.69) is 4.98 Å². The number of imidazole rings is 1. The molecule has 0 aliphatic heterocycles. The second-order valence-electron chi connectivity index (χ2n) is 3.53. The van der Waals surface area contributed by atoms with Crippen molar-refractivity contribution < 1.29 is 13.2 Å². The molecule has 0 atom stereocenters. The molecule has 17 heavy (non-hydrogen) atoms. The first-order valence-corrected chi connectivity index (χ1v) is 5.10. The highest BCUT2D eigenvalue weighted by Gasteiger charge is 2.30. The molecule has 2 N–H and O–H groups in total. The van der Waals surface area contributed by atoms with Crippen molar-refractivity contribution in [2.24, 2.45) is 5.73 Å². The van der Waals surface area contributed by atoms with E-state index in [4.69, 9.17) is 18.0 Å². The van der Waals surface area contributed by atoms with Crippen LogP contribution in [0.2, 0.25) is 0 Å². The van der Waals surface area contributed by atoms with Crippen LogP contribution in [0.3, 0.4) is 0 Å². The topological polar surface area (TPSA) is 43.3 Å². The van der Waals surface area contributed by atoms with Crippen LogP contribution in [-0.4, -0.2) is 14.4 Å². The summed E-state index contributed by atoms with van der Waals surface area (Å²) < 4.78 is 38.9. The Kier molecular flexibility index (Phi) is 2.78. The molecule has 0 aliphatic rings. The van der Waals surface area contributed by atoms with Gasteiger partial charge in [-0.15, -0.1) is 0 Å². The standard InChI is InChI=1S/C10H8F3N3S/c11-10(12,13)6-1-2-16-7(4-8(14)17)5-15-9(16)3-6/h1-3,5H,4H2,(H2,14,17). The number of hydrogen-bond donors (Lipinski definition) is 1. The second-order valence-corrected chi connectivity index (χ2v) is 4.06. The second kappa shape index (κ2) is 3.99. The summed E-state index contributed by atoms with van der Waals surface area (Å²) in [6.07, 6.45) is -1.27. The zero-order valence-electron chi connectivity index (χ0n) is 8.53. The molecule has 0 saturated heterocycles. The van der Waals surface area contributed by atoms with Gasteiger partial charge in [-0.2, -0.15) is 13.2 Å². The molecule has 2 rings (SSSR count). The van der Waals surface area contributed by atoms with Crippen LogP contribution in [-0.2, 0) is 12.6 Å². The third kappa shape index (κ3) is 2.38. The van der Waals surface area contributed by atoms with Crippen LogP contribution in [0.4, 0.5) is 13.2 Å². The van der Waals surface area contributed by atoms with Crippen LogP contribution in [0.5, 0.6) is 0 Å². The Balaban J connectivity index is 2.48. The van der Waals surface area contributed by atoms with Gasteiger partial charge in [-0.05, 0) is 12.1 Å². The number of rotatable bonds is 2. The minimum Gasteiger partial charge on any atom is -0.393 e. The molecule has 0 fully saturated rings. The van der Waals surface area contributed by atoms with Crippen LogP contribution < -0.4 is 5.73 Å². The molecular formula is C10H8F3N3S. The first kappa shape index (κ1) is 11.8. The van der Waals surface area contributed by atoms with Crippen molar-refractivity contribution in [3.05, 3.63) is 35.8 Å². The highest BCUT2D eigenvalue weighted by molar-refractivity contribution is 7.80. The SMILES string of the molecule is NC(=S)Cc1cnc2cc(C(F)(F)F)ccn12. The third-order valence-electron chi connectivity index (χ3n) is 2.27. The van der Waals surface area contributed by atoms with Crippen molar-refractivity contribution in [1.82, 2.24) is 9.38 Å². The maximum absolute atomic E-state index is 12.5. The van der Waals surface area contributed by atoms with Gasteiger partial charge in [-0.3, -0.25) is 0 Å². The van der Waals surface area contributed by atoms with Gasteiger partial charge in [-0.1, -0.05) is 12.2 Å². The smallest absolute Gasteiger partial charge is 0.393 e. The van der Waals surface area contributed by atoms with Crippen LogP contribution in [0.25, 0.3) is 5.65 Å². The van der Waals surface area contributed by atoms with Crippen LogP contribution in [0.15, 0.2) is 24.5 Å². The summed E-state index contributed by atoms with van der Waals surface area (Å²) in [7, 11) is 0. The number of fused-ring (bicyclic) bond motifs is 1. The van der Waals surface area contributed by atoms with Crippen molar-refractivity contribution in [2.75, 3.05) is 0 Å². The van der Waals surface area contributed by atoms with E-state index < -0.39 is 11.7 Å². The number of nitrogens with two attached hydrogens (primary N) is 1. The molecule has 0 amide bonds. The van der Waals surface area contributed by atoms with Crippen LogP contribution >= 0.6 is 12.2 Å². The minimum atomic E-state index is -4.36. The quantitative estimate of drug-likeness (QED) is 0.841. The molecule has 7 heteroatoms. The fourth-order valence-corrected chi connectivity index (χ4v) is 1.67. The summed E-state index contributed by atoms with van der Waals surface area (Å²) in [6, 6.07) is 1.99. The van der Waals surface area contributed by atoms with Crippen molar-refractivity contribution in [3.8, 4) is 0 Å². The van der Waals surface area contributed by atoms with Gasteiger partial charge in [0.15, 0.2) is 0 Å². The lowest BCUT2D eigenvalue weighted by Gasteiger charge is -2.07. The van der Waals surface area contributed by atoms with E-state index in [1.54, 1.807) is 0 Å². The van der Waals surface area contributed by atoms with E-state index in [-0.39, 0.29) is 10.6 Å². The lowest BCUT2D eigenvalue weighted by atomic mass is 10.2. The lowest BCUT2D eigenvalue weighted by Crippen LogP contribution is -2.12. The molecule has 90 valence electrons. The lowest BCUT2D eigenvalue weighted by molar-refractivity contribution is -0.137. The van der Waals surface area contributed by atoms with Crippen LogP contribution in [0, 0.1) is 0 Å². The zero-order valence-corrected chi connectivity index (χ0v) is 9.35. The molecule has 2 aromatic heterocycles. The average molecular weight is 259 g/mol. The summed E-state index contributed by atoms with van der Waals surface area (Å²) in [4.78, 5) is 4.16. The molecule has 2 aromatic rings. The van der Waals surface area contributed by atoms with E-state index in [0.717, 1.165) is 12.1 Å². The molecule has 0 aliphatic carbocycles. The molecule has 0 aromatic carbocycles. The van der Waals surface area contributed by atoms with E-state index in [1.807, 2.05) is 0 Å². The van der Waals surface area contributed by atoms with Gasteiger partial charge in [0, 0.05) is 24.5 Å². The summed E-state index contributed by atoms with van der Waals surface area (Å²) >= 11 is 4.75. The molecule has 0 bridgehead atoms. The Morgan fingerprint density at radius 2 is 2.18 bits per heavy atom. The molecule has 2 heterocycles. The Morgan fingerprint density at radius 1 is 1.47 bits per heavy atom. The number of thiocarbonyl (C=S) groups is 1. The van der Waals surface area contributed by atoms with Crippen molar-refractivity contribution >= 4 is 22.9 Å². The van der Waals surface area contributed by atoms with Crippen molar-refractivity contribution in [2.45, 2.75) is 12.6 Å². The zero-order chi connectivity index (χ0) is 12.6. The van der Waals surface area contributed by atoms with E-state index in [0.29, 0.717) is 12.1 Å². The predicted octanol–water partition coefficient (Wildman–Crippen LogP) is 2.18. The van der Waals surface area contributed by atoms with E-state index in [9.17, 15) is 13.2 Å². The normalized spacial score (nSPS) is 11.9. The average Bonchev–Trinajstić information content (AvgIpc) is 2.59. The summed E-state index contributed by atoms with van der Waals surface area (Å²) in [5, 5.41) is 0. The van der Waals surface area contributed by atoms with Gasteiger partial charge in [0.25, 0.3) is 0 Å². The van der Waals surface area contributed by atoms with E-state index >= 15 is 0 Å². The van der Waals surface area contributed by atoms with Gasteiger partial charge in [-0.25, -0.2) is 4.98 Å². The Morgan fingerprint density at radius 3 is 2.76 bits per heavy atom. The highest BCUT2D eigenvalue weighted by atomic mass is 32.1. The largest absolute Gasteiger partial charge is 0.416 e. The van der Waals surface area contributed by atoms with Gasteiger partial charge in [0.2, 0.25) is 0 Å². The number of pyridine rings is 1. The number of halogens is 3. The fourth-order valence-electron chi connectivity index (χ4n) is 1.52. The van der Waals surface area contributed by atoms with Gasteiger partial charge >= 0.3 is 6.18 Å². The molecular weight excluding hydrogens is 251 g/mol.